The second kappa shape index (κ2) is 11.1. The Bertz CT molecular complexity index is 761. The van der Waals surface area contributed by atoms with Crippen LogP contribution >= 0.6 is 0 Å². The van der Waals surface area contributed by atoms with Crippen molar-refractivity contribution in [1.82, 2.24) is 10.2 Å². The first-order chi connectivity index (χ1) is 13.5. The van der Waals surface area contributed by atoms with Crippen LogP contribution in [0.15, 0.2) is 54.6 Å². The van der Waals surface area contributed by atoms with Crippen molar-refractivity contribution in [2.75, 3.05) is 13.2 Å². The minimum Gasteiger partial charge on any atom is -0.484 e. The van der Waals surface area contributed by atoms with Gasteiger partial charge in [0.2, 0.25) is 5.91 Å². The Hall–Kier alpha value is -2.82. The SMILES string of the molecule is CCCNC(=O)[C@H](CC)N(Cc1ccccc1)C(=O)COc1cccc(C)c1. The highest BCUT2D eigenvalue weighted by atomic mass is 16.5. The molecule has 2 amide bonds. The third-order valence-corrected chi connectivity index (χ3v) is 4.48. The number of nitrogens with one attached hydrogen (secondary N) is 1. The number of carbonyl (C=O) groups is 2. The Balaban J connectivity index is 2.15. The molecule has 0 spiro atoms. The molecular weight excluding hydrogens is 352 g/mol. The van der Waals surface area contributed by atoms with Crippen LogP contribution in [0, 0.1) is 6.92 Å². The van der Waals surface area contributed by atoms with Gasteiger partial charge in [-0.05, 0) is 43.0 Å². The minimum atomic E-state index is -0.527. The van der Waals surface area contributed by atoms with Crippen LogP contribution in [0.1, 0.15) is 37.8 Å². The highest BCUT2D eigenvalue weighted by molar-refractivity contribution is 5.88. The van der Waals surface area contributed by atoms with Crippen molar-refractivity contribution >= 4 is 11.8 Å². The van der Waals surface area contributed by atoms with E-state index in [-0.39, 0.29) is 18.4 Å². The average Bonchev–Trinajstić information content (AvgIpc) is 2.71. The smallest absolute Gasteiger partial charge is 0.261 e. The molecular formula is C23H30N2O3. The fourth-order valence-electron chi connectivity index (χ4n) is 3.00. The second-order valence-corrected chi connectivity index (χ2v) is 6.83. The first-order valence-electron chi connectivity index (χ1n) is 9.85. The Morgan fingerprint density at radius 1 is 1.07 bits per heavy atom. The van der Waals surface area contributed by atoms with E-state index in [2.05, 4.69) is 5.32 Å². The number of aryl methyl sites for hydroxylation is 1. The van der Waals surface area contributed by atoms with Crippen LogP contribution in [-0.4, -0.2) is 35.9 Å². The van der Waals surface area contributed by atoms with Crippen LogP contribution in [0.2, 0.25) is 0 Å². The molecule has 0 heterocycles. The van der Waals surface area contributed by atoms with Gasteiger partial charge in [0.05, 0.1) is 0 Å². The molecule has 150 valence electrons. The Labute approximate surface area is 167 Å². The average molecular weight is 383 g/mol. The summed E-state index contributed by atoms with van der Waals surface area (Å²) in [6.07, 6.45) is 1.39. The van der Waals surface area contributed by atoms with E-state index >= 15 is 0 Å². The Morgan fingerprint density at radius 3 is 2.46 bits per heavy atom. The Kier molecular flexibility index (Phi) is 8.53. The lowest BCUT2D eigenvalue weighted by Crippen LogP contribution is -2.50. The van der Waals surface area contributed by atoms with E-state index < -0.39 is 6.04 Å². The van der Waals surface area contributed by atoms with Crippen molar-refractivity contribution in [2.24, 2.45) is 0 Å². The fourth-order valence-corrected chi connectivity index (χ4v) is 3.00. The van der Waals surface area contributed by atoms with Gasteiger partial charge in [-0.3, -0.25) is 9.59 Å². The number of rotatable bonds is 10. The van der Waals surface area contributed by atoms with E-state index in [0.717, 1.165) is 17.5 Å². The summed E-state index contributed by atoms with van der Waals surface area (Å²) in [5.41, 5.74) is 2.05. The van der Waals surface area contributed by atoms with Gasteiger partial charge in [0.1, 0.15) is 11.8 Å². The van der Waals surface area contributed by atoms with E-state index in [0.29, 0.717) is 25.3 Å². The first kappa shape index (κ1) is 21.5. The summed E-state index contributed by atoms with van der Waals surface area (Å²) < 4.78 is 5.70. The van der Waals surface area contributed by atoms with E-state index in [1.165, 1.54) is 0 Å². The van der Waals surface area contributed by atoms with Crippen LogP contribution in [0.25, 0.3) is 0 Å². The number of hydrogen-bond acceptors (Lipinski definition) is 3. The first-order valence-corrected chi connectivity index (χ1v) is 9.85. The maximum absolute atomic E-state index is 13.0. The summed E-state index contributed by atoms with van der Waals surface area (Å²) in [6, 6.07) is 16.8. The zero-order chi connectivity index (χ0) is 20.4. The van der Waals surface area contributed by atoms with Crippen LogP contribution in [0.4, 0.5) is 0 Å². The molecule has 0 aliphatic heterocycles. The summed E-state index contributed by atoms with van der Waals surface area (Å²) in [4.78, 5) is 27.3. The molecule has 0 saturated carbocycles. The molecule has 5 heteroatoms. The molecule has 2 aromatic rings. The lowest BCUT2D eigenvalue weighted by atomic mass is 10.1. The van der Waals surface area contributed by atoms with Gasteiger partial charge in [0.25, 0.3) is 5.91 Å². The molecule has 0 fully saturated rings. The Morgan fingerprint density at radius 2 is 1.82 bits per heavy atom. The second-order valence-electron chi connectivity index (χ2n) is 6.83. The van der Waals surface area contributed by atoms with Gasteiger partial charge in [-0.15, -0.1) is 0 Å². The lowest BCUT2D eigenvalue weighted by Gasteiger charge is -2.30. The molecule has 0 bridgehead atoms. The van der Waals surface area contributed by atoms with Crippen molar-refractivity contribution in [2.45, 2.75) is 46.2 Å². The summed E-state index contributed by atoms with van der Waals surface area (Å²) in [6.45, 7) is 6.76. The van der Waals surface area contributed by atoms with Crippen molar-refractivity contribution in [1.29, 1.82) is 0 Å². The van der Waals surface area contributed by atoms with Gasteiger partial charge in [-0.1, -0.05) is 56.3 Å². The molecule has 1 atom stereocenters. The summed E-state index contributed by atoms with van der Waals surface area (Å²) >= 11 is 0. The number of carbonyl (C=O) groups excluding carboxylic acids is 2. The molecule has 0 unspecified atom stereocenters. The van der Waals surface area contributed by atoms with Crippen LogP contribution < -0.4 is 10.1 Å². The quantitative estimate of drug-likeness (QED) is 0.681. The van der Waals surface area contributed by atoms with Gasteiger partial charge >= 0.3 is 0 Å². The van der Waals surface area contributed by atoms with E-state index in [1.54, 1.807) is 4.90 Å². The van der Waals surface area contributed by atoms with Gasteiger partial charge < -0.3 is 15.0 Å². The summed E-state index contributed by atoms with van der Waals surface area (Å²) in [7, 11) is 0. The largest absolute Gasteiger partial charge is 0.484 e. The van der Waals surface area contributed by atoms with Gasteiger partial charge in [-0.2, -0.15) is 0 Å². The molecule has 5 nitrogen and oxygen atoms in total. The van der Waals surface area contributed by atoms with Crippen LogP contribution in [-0.2, 0) is 16.1 Å². The molecule has 0 aromatic heterocycles. The molecule has 2 aromatic carbocycles. The molecule has 0 saturated heterocycles. The highest BCUT2D eigenvalue weighted by Gasteiger charge is 2.28. The molecule has 0 aliphatic carbocycles. The standard InChI is InChI=1S/C23H30N2O3/c1-4-14-24-23(27)21(5-2)25(16-19-11-7-6-8-12-19)22(26)17-28-20-13-9-10-18(3)15-20/h6-13,15,21H,4-5,14,16-17H2,1-3H3,(H,24,27)/t21-/m0/s1. The maximum atomic E-state index is 13.0. The van der Waals surface area contributed by atoms with Crippen LogP contribution in [0.5, 0.6) is 5.75 Å². The van der Waals surface area contributed by atoms with Crippen molar-refractivity contribution in [3.8, 4) is 5.75 Å². The predicted octanol–water partition coefficient (Wildman–Crippen LogP) is 3.71. The monoisotopic (exact) mass is 382 g/mol. The van der Waals surface area contributed by atoms with Crippen molar-refractivity contribution in [3.05, 3.63) is 65.7 Å². The highest BCUT2D eigenvalue weighted by Crippen LogP contribution is 2.15. The number of nitrogens with zero attached hydrogens (tertiary/aromatic N) is 1. The lowest BCUT2D eigenvalue weighted by molar-refractivity contribution is -0.143. The topological polar surface area (TPSA) is 58.6 Å². The zero-order valence-electron chi connectivity index (χ0n) is 17.0. The number of hydrogen-bond donors (Lipinski definition) is 1. The number of ether oxygens (including phenoxy) is 1. The normalized spacial score (nSPS) is 11.5. The predicted molar refractivity (Wildman–Crippen MR) is 111 cm³/mol. The number of benzene rings is 2. The van der Waals surface area contributed by atoms with E-state index in [4.69, 9.17) is 4.74 Å². The maximum Gasteiger partial charge on any atom is 0.261 e. The van der Waals surface area contributed by atoms with E-state index in [1.807, 2.05) is 75.4 Å². The molecule has 1 N–H and O–H groups in total. The molecule has 28 heavy (non-hydrogen) atoms. The molecule has 0 aliphatic rings. The zero-order valence-corrected chi connectivity index (χ0v) is 17.0. The van der Waals surface area contributed by atoms with Crippen molar-refractivity contribution < 1.29 is 14.3 Å². The third-order valence-electron chi connectivity index (χ3n) is 4.48. The fraction of sp³-hybridized carbons (Fsp3) is 0.391. The van der Waals surface area contributed by atoms with Crippen molar-refractivity contribution in [3.63, 3.8) is 0 Å². The van der Waals surface area contributed by atoms with Crippen LogP contribution in [0.3, 0.4) is 0 Å². The van der Waals surface area contributed by atoms with Gasteiger partial charge in [0.15, 0.2) is 6.61 Å². The van der Waals surface area contributed by atoms with Gasteiger partial charge in [0, 0.05) is 13.1 Å². The molecule has 2 rings (SSSR count). The minimum absolute atomic E-state index is 0.103. The number of amides is 2. The summed E-state index contributed by atoms with van der Waals surface area (Å²) in [5, 5.41) is 2.91. The molecule has 0 radical (unpaired) electrons. The summed E-state index contributed by atoms with van der Waals surface area (Å²) in [5.74, 6) is 0.324. The van der Waals surface area contributed by atoms with Gasteiger partial charge in [-0.25, -0.2) is 0 Å². The third kappa shape index (κ3) is 6.41. The van der Waals surface area contributed by atoms with E-state index in [9.17, 15) is 9.59 Å².